The number of carbonyl (C=O) groups is 2. The summed E-state index contributed by atoms with van der Waals surface area (Å²) < 4.78 is 1.59. The molecule has 0 fully saturated rings. The van der Waals surface area contributed by atoms with E-state index >= 15 is 0 Å². The number of amides is 2. The lowest BCUT2D eigenvalue weighted by molar-refractivity contribution is -0.116. The Morgan fingerprint density at radius 3 is 2.73 bits per heavy atom. The third kappa shape index (κ3) is 2.59. The van der Waals surface area contributed by atoms with Crippen LogP contribution in [-0.4, -0.2) is 16.4 Å². The molecule has 0 aromatic carbocycles. The molecule has 0 bridgehead atoms. The van der Waals surface area contributed by atoms with E-state index < -0.39 is 5.91 Å². The molecule has 1 aromatic rings. The summed E-state index contributed by atoms with van der Waals surface area (Å²) in [5.74, 6) is -0.652. The second kappa shape index (κ2) is 4.63. The third-order valence-electron chi connectivity index (χ3n) is 2.06. The highest BCUT2D eigenvalue weighted by Gasteiger charge is 2.13. The molecule has 1 heterocycles. The number of rotatable bonds is 4. The Morgan fingerprint density at radius 2 is 2.20 bits per heavy atom. The second-order valence-electron chi connectivity index (χ2n) is 3.35. The Labute approximate surface area is 88.3 Å². The SMILES string of the molecule is CCCC(=O)Nc1ccn(C)c1C(N)=O. The van der Waals surface area contributed by atoms with Gasteiger partial charge in [0.1, 0.15) is 5.69 Å². The van der Waals surface area contributed by atoms with Gasteiger partial charge in [-0.2, -0.15) is 0 Å². The van der Waals surface area contributed by atoms with Crippen LogP contribution in [0.2, 0.25) is 0 Å². The smallest absolute Gasteiger partial charge is 0.267 e. The van der Waals surface area contributed by atoms with Crippen LogP contribution in [0, 0.1) is 0 Å². The van der Waals surface area contributed by atoms with Crippen LogP contribution in [0.5, 0.6) is 0 Å². The van der Waals surface area contributed by atoms with Gasteiger partial charge in [-0.3, -0.25) is 9.59 Å². The molecule has 15 heavy (non-hydrogen) atoms. The number of aryl methyl sites for hydroxylation is 1. The van der Waals surface area contributed by atoms with Gasteiger partial charge in [-0.1, -0.05) is 6.92 Å². The summed E-state index contributed by atoms with van der Waals surface area (Å²) in [6.07, 6.45) is 2.89. The van der Waals surface area contributed by atoms with E-state index in [0.29, 0.717) is 17.8 Å². The molecule has 3 N–H and O–H groups in total. The predicted molar refractivity (Wildman–Crippen MR) is 57.5 cm³/mol. The number of aromatic nitrogens is 1. The number of anilines is 1. The minimum atomic E-state index is -0.547. The predicted octanol–water partition coefficient (Wildman–Crippen LogP) is 0.863. The monoisotopic (exact) mass is 209 g/mol. The van der Waals surface area contributed by atoms with Gasteiger partial charge < -0.3 is 15.6 Å². The average molecular weight is 209 g/mol. The Morgan fingerprint density at radius 1 is 1.53 bits per heavy atom. The number of hydrogen-bond acceptors (Lipinski definition) is 2. The van der Waals surface area contributed by atoms with Gasteiger partial charge in [0, 0.05) is 19.7 Å². The first-order valence-electron chi connectivity index (χ1n) is 4.81. The zero-order valence-electron chi connectivity index (χ0n) is 8.91. The van der Waals surface area contributed by atoms with Crippen LogP contribution in [0.1, 0.15) is 30.3 Å². The zero-order valence-corrected chi connectivity index (χ0v) is 8.91. The highest BCUT2D eigenvalue weighted by molar-refractivity contribution is 6.02. The average Bonchev–Trinajstić information content (AvgIpc) is 2.47. The molecule has 0 spiro atoms. The molecule has 2 amide bonds. The number of nitrogens with two attached hydrogens (primary N) is 1. The maximum atomic E-state index is 11.3. The summed E-state index contributed by atoms with van der Waals surface area (Å²) >= 11 is 0. The van der Waals surface area contributed by atoms with E-state index in [4.69, 9.17) is 5.73 Å². The van der Waals surface area contributed by atoms with Crippen molar-refractivity contribution in [1.29, 1.82) is 0 Å². The summed E-state index contributed by atoms with van der Waals surface area (Å²) in [7, 11) is 1.70. The van der Waals surface area contributed by atoms with Crippen molar-refractivity contribution in [2.24, 2.45) is 12.8 Å². The van der Waals surface area contributed by atoms with E-state index in [0.717, 1.165) is 6.42 Å². The van der Waals surface area contributed by atoms with E-state index in [1.165, 1.54) is 0 Å². The molecule has 0 radical (unpaired) electrons. The molecule has 0 atom stereocenters. The van der Waals surface area contributed by atoms with Crippen molar-refractivity contribution in [3.63, 3.8) is 0 Å². The minimum Gasteiger partial charge on any atom is -0.364 e. The lowest BCUT2D eigenvalue weighted by Crippen LogP contribution is -2.19. The zero-order chi connectivity index (χ0) is 11.4. The van der Waals surface area contributed by atoms with Gasteiger partial charge in [-0.05, 0) is 12.5 Å². The van der Waals surface area contributed by atoms with Crippen molar-refractivity contribution < 1.29 is 9.59 Å². The van der Waals surface area contributed by atoms with Gasteiger partial charge in [-0.15, -0.1) is 0 Å². The molecule has 0 aliphatic heterocycles. The number of nitrogens with one attached hydrogen (secondary N) is 1. The largest absolute Gasteiger partial charge is 0.364 e. The third-order valence-corrected chi connectivity index (χ3v) is 2.06. The number of carbonyl (C=O) groups excluding carboxylic acids is 2. The maximum absolute atomic E-state index is 11.3. The van der Waals surface area contributed by atoms with Gasteiger partial charge in [0.15, 0.2) is 0 Å². The first kappa shape index (κ1) is 11.3. The molecule has 82 valence electrons. The van der Waals surface area contributed by atoms with Crippen LogP contribution >= 0.6 is 0 Å². The highest BCUT2D eigenvalue weighted by Crippen LogP contribution is 2.15. The van der Waals surface area contributed by atoms with Gasteiger partial charge in [0.25, 0.3) is 5.91 Å². The lowest BCUT2D eigenvalue weighted by atomic mass is 10.3. The normalized spacial score (nSPS) is 10.0. The molecular weight excluding hydrogens is 194 g/mol. The van der Waals surface area contributed by atoms with Gasteiger partial charge in [0.05, 0.1) is 5.69 Å². The molecule has 5 nitrogen and oxygen atoms in total. The fourth-order valence-electron chi connectivity index (χ4n) is 1.38. The molecule has 0 unspecified atom stereocenters. The number of hydrogen-bond donors (Lipinski definition) is 2. The van der Waals surface area contributed by atoms with Crippen molar-refractivity contribution in [1.82, 2.24) is 4.57 Å². The molecule has 0 saturated heterocycles. The molecule has 5 heteroatoms. The van der Waals surface area contributed by atoms with Crippen LogP contribution in [0.25, 0.3) is 0 Å². The van der Waals surface area contributed by atoms with E-state index in [9.17, 15) is 9.59 Å². The molecular formula is C10H15N3O2. The minimum absolute atomic E-state index is 0.105. The van der Waals surface area contributed by atoms with Crippen molar-refractivity contribution in [2.75, 3.05) is 5.32 Å². The van der Waals surface area contributed by atoms with Crippen molar-refractivity contribution >= 4 is 17.5 Å². The quantitative estimate of drug-likeness (QED) is 0.771. The molecule has 0 aliphatic carbocycles. The Balaban J connectivity index is 2.86. The Bertz CT molecular complexity index is 382. The summed E-state index contributed by atoms with van der Waals surface area (Å²) in [5.41, 5.74) is 5.99. The summed E-state index contributed by atoms with van der Waals surface area (Å²) in [6, 6.07) is 1.66. The van der Waals surface area contributed by atoms with Gasteiger partial charge >= 0.3 is 0 Å². The standard InChI is InChI=1S/C10H15N3O2/c1-3-4-8(14)12-7-5-6-13(2)9(7)10(11)15/h5-6H,3-4H2,1-2H3,(H2,11,15)(H,12,14). The van der Waals surface area contributed by atoms with Crippen LogP contribution in [0.4, 0.5) is 5.69 Å². The lowest BCUT2D eigenvalue weighted by Gasteiger charge is -2.05. The highest BCUT2D eigenvalue weighted by atomic mass is 16.2. The van der Waals surface area contributed by atoms with Crippen LogP contribution in [0.15, 0.2) is 12.3 Å². The van der Waals surface area contributed by atoms with Crippen molar-refractivity contribution in [3.05, 3.63) is 18.0 Å². The summed E-state index contributed by atoms with van der Waals surface area (Å²) in [5, 5.41) is 2.65. The topological polar surface area (TPSA) is 77.1 Å². The van der Waals surface area contributed by atoms with Crippen LogP contribution in [-0.2, 0) is 11.8 Å². The van der Waals surface area contributed by atoms with Crippen molar-refractivity contribution in [2.45, 2.75) is 19.8 Å². The van der Waals surface area contributed by atoms with E-state index in [1.807, 2.05) is 6.92 Å². The van der Waals surface area contributed by atoms with E-state index in [-0.39, 0.29) is 5.91 Å². The first-order valence-corrected chi connectivity index (χ1v) is 4.81. The fourth-order valence-corrected chi connectivity index (χ4v) is 1.38. The molecule has 0 saturated carbocycles. The summed E-state index contributed by atoms with van der Waals surface area (Å²) in [6.45, 7) is 1.92. The van der Waals surface area contributed by atoms with Gasteiger partial charge in [0.2, 0.25) is 5.91 Å². The second-order valence-corrected chi connectivity index (χ2v) is 3.35. The Hall–Kier alpha value is -1.78. The Kier molecular flexibility index (Phi) is 3.49. The van der Waals surface area contributed by atoms with Crippen LogP contribution in [0.3, 0.4) is 0 Å². The van der Waals surface area contributed by atoms with E-state index in [1.54, 1.807) is 23.9 Å². The number of nitrogens with zero attached hydrogens (tertiary/aromatic N) is 1. The van der Waals surface area contributed by atoms with E-state index in [2.05, 4.69) is 5.32 Å². The number of primary amides is 1. The van der Waals surface area contributed by atoms with Crippen LogP contribution < -0.4 is 11.1 Å². The fraction of sp³-hybridized carbons (Fsp3) is 0.400. The first-order chi connectivity index (χ1) is 7.06. The molecule has 1 rings (SSSR count). The summed E-state index contributed by atoms with van der Waals surface area (Å²) in [4.78, 5) is 22.4. The molecule has 0 aliphatic rings. The molecule has 1 aromatic heterocycles. The van der Waals surface area contributed by atoms with Crippen molar-refractivity contribution in [3.8, 4) is 0 Å². The van der Waals surface area contributed by atoms with Gasteiger partial charge in [-0.25, -0.2) is 0 Å². The maximum Gasteiger partial charge on any atom is 0.267 e.